The van der Waals surface area contributed by atoms with E-state index in [9.17, 15) is 4.79 Å². The van der Waals surface area contributed by atoms with Crippen molar-refractivity contribution in [2.75, 3.05) is 5.73 Å². The zero-order valence-corrected chi connectivity index (χ0v) is 10.7. The molecule has 0 radical (unpaired) electrons. The average Bonchev–Trinajstić information content (AvgIpc) is 2.97. The number of amides is 1. The van der Waals surface area contributed by atoms with Gasteiger partial charge >= 0.3 is 0 Å². The molecule has 94 valence electrons. The van der Waals surface area contributed by atoms with Gasteiger partial charge in [-0.15, -0.1) is 11.3 Å². The first-order chi connectivity index (χ1) is 8.74. The molecule has 3 rings (SSSR count). The van der Waals surface area contributed by atoms with Crippen LogP contribution in [0.5, 0.6) is 0 Å². The van der Waals surface area contributed by atoms with Crippen LogP contribution in [-0.4, -0.2) is 10.9 Å². The van der Waals surface area contributed by atoms with E-state index in [-0.39, 0.29) is 11.9 Å². The van der Waals surface area contributed by atoms with Crippen LogP contribution in [0.15, 0.2) is 23.7 Å². The topological polar surface area (TPSA) is 70.9 Å². The number of nitrogens with one attached hydrogen (secondary N) is 2. The molecule has 0 bridgehead atoms. The first-order valence-electron chi connectivity index (χ1n) is 6.05. The number of fused-ring (bicyclic) bond motifs is 1. The molecule has 1 amide bonds. The third-order valence-corrected chi connectivity index (χ3v) is 4.30. The molecule has 1 unspecified atom stereocenters. The summed E-state index contributed by atoms with van der Waals surface area (Å²) in [5.41, 5.74) is 7.98. The van der Waals surface area contributed by atoms with Gasteiger partial charge in [-0.3, -0.25) is 4.79 Å². The summed E-state index contributed by atoms with van der Waals surface area (Å²) < 4.78 is 0. The van der Waals surface area contributed by atoms with Gasteiger partial charge in [0, 0.05) is 16.8 Å². The van der Waals surface area contributed by atoms with Crippen LogP contribution in [-0.2, 0) is 6.42 Å². The van der Waals surface area contributed by atoms with E-state index in [1.54, 1.807) is 23.6 Å². The van der Waals surface area contributed by atoms with E-state index in [1.807, 2.05) is 0 Å². The molecule has 1 aliphatic rings. The Hall–Kier alpha value is -1.75. The quantitative estimate of drug-likeness (QED) is 0.777. The van der Waals surface area contributed by atoms with Gasteiger partial charge in [-0.05, 0) is 42.3 Å². The molecule has 0 aromatic carbocycles. The molecule has 0 saturated carbocycles. The van der Waals surface area contributed by atoms with Crippen LogP contribution in [0.3, 0.4) is 0 Å². The lowest BCUT2D eigenvalue weighted by atomic mass is 9.94. The Morgan fingerprint density at radius 3 is 3.22 bits per heavy atom. The minimum atomic E-state index is -0.0873. The predicted octanol–water partition coefficient (Wildman–Crippen LogP) is 2.47. The molecule has 0 spiro atoms. The van der Waals surface area contributed by atoms with Crippen LogP contribution in [0, 0.1) is 0 Å². The van der Waals surface area contributed by atoms with Crippen molar-refractivity contribution in [1.82, 2.24) is 10.3 Å². The number of aromatic nitrogens is 1. The summed E-state index contributed by atoms with van der Waals surface area (Å²) in [5, 5.41) is 5.17. The van der Waals surface area contributed by atoms with E-state index in [4.69, 9.17) is 5.73 Å². The number of nitrogens with two attached hydrogens (primary N) is 1. The highest BCUT2D eigenvalue weighted by molar-refractivity contribution is 7.10. The molecule has 4 N–H and O–H groups in total. The molecule has 5 heteroatoms. The van der Waals surface area contributed by atoms with Crippen LogP contribution in [0.4, 0.5) is 5.69 Å². The highest BCUT2D eigenvalue weighted by Gasteiger charge is 2.23. The summed E-state index contributed by atoms with van der Waals surface area (Å²) in [6.07, 6.45) is 4.90. The minimum absolute atomic E-state index is 0.0873. The molecule has 2 heterocycles. The molecular weight excluding hydrogens is 246 g/mol. The summed E-state index contributed by atoms with van der Waals surface area (Å²) in [6.45, 7) is 0. The molecule has 1 aliphatic carbocycles. The summed E-state index contributed by atoms with van der Waals surface area (Å²) in [5.74, 6) is -0.0873. The van der Waals surface area contributed by atoms with Crippen molar-refractivity contribution in [1.29, 1.82) is 0 Å². The standard InChI is InChI=1S/C13H15N3OS/c14-8-6-11(15-7-8)13(17)16-10-2-1-3-12-9(10)4-5-18-12/h4-7,10,15H,1-3,14H2,(H,16,17). The highest BCUT2D eigenvalue weighted by atomic mass is 32.1. The molecule has 2 aromatic heterocycles. The van der Waals surface area contributed by atoms with Crippen molar-refractivity contribution in [3.05, 3.63) is 39.8 Å². The fourth-order valence-corrected chi connectivity index (χ4v) is 3.40. The second-order valence-corrected chi connectivity index (χ2v) is 5.56. The SMILES string of the molecule is Nc1c[nH]c(C(=O)NC2CCCc3sccc32)c1. The third kappa shape index (κ3) is 2.01. The van der Waals surface area contributed by atoms with Crippen LogP contribution in [0.1, 0.15) is 39.8 Å². The number of carbonyl (C=O) groups excluding carboxylic acids is 1. The van der Waals surface area contributed by atoms with E-state index in [2.05, 4.69) is 21.7 Å². The molecule has 18 heavy (non-hydrogen) atoms. The van der Waals surface area contributed by atoms with Gasteiger partial charge in [0.2, 0.25) is 0 Å². The lowest BCUT2D eigenvalue weighted by Gasteiger charge is -2.23. The Labute approximate surface area is 109 Å². The maximum absolute atomic E-state index is 12.1. The summed E-state index contributed by atoms with van der Waals surface area (Å²) >= 11 is 1.78. The first-order valence-corrected chi connectivity index (χ1v) is 6.93. The van der Waals surface area contributed by atoms with Gasteiger partial charge in [0.05, 0.1) is 6.04 Å². The van der Waals surface area contributed by atoms with Gasteiger partial charge in [0.25, 0.3) is 5.91 Å². The lowest BCUT2D eigenvalue weighted by molar-refractivity contribution is 0.0928. The molecule has 0 aliphatic heterocycles. The number of carbonyl (C=O) groups is 1. The predicted molar refractivity (Wildman–Crippen MR) is 72.7 cm³/mol. The molecule has 2 aromatic rings. The molecule has 0 fully saturated rings. The normalized spacial score (nSPS) is 18.3. The highest BCUT2D eigenvalue weighted by Crippen LogP contribution is 2.33. The number of anilines is 1. The van der Waals surface area contributed by atoms with E-state index >= 15 is 0 Å². The Kier molecular flexibility index (Phi) is 2.83. The Balaban J connectivity index is 1.77. The van der Waals surface area contributed by atoms with Gasteiger partial charge in [-0.25, -0.2) is 0 Å². The van der Waals surface area contributed by atoms with E-state index < -0.39 is 0 Å². The van der Waals surface area contributed by atoms with Gasteiger partial charge in [-0.1, -0.05) is 0 Å². The number of nitrogen functional groups attached to an aromatic ring is 1. The summed E-state index contributed by atoms with van der Waals surface area (Å²) in [6, 6.07) is 3.91. The van der Waals surface area contributed by atoms with Crippen molar-refractivity contribution in [3.63, 3.8) is 0 Å². The zero-order chi connectivity index (χ0) is 12.5. The Morgan fingerprint density at radius 1 is 1.56 bits per heavy atom. The third-order valence-electron chi connectivity index (χ3n) is 3.31. The summed E-state index contributed by atoms with van der Waals surface area (Å²) in [7, 11) is 0. The Bertz CT molecular complexity index is 572. The molecule has 1 atom stereocenters. The number of hydrogen-bond acceptors (Lipinski definition) is 3. The zero-order valence-electron chi connectivity index (χ0n) is 9.90. The molecular formula is C13H15N3OS. The lowest BCUT2D eigenvalue weighted by Crippen LogP contribution is -2.30. The summed E-state index contributed by atoms with van der Waals surface area (Å²) in [4.78, 5) is 16.3. The van der Waals surface area contributed by atoms with Crippen molar-refractivity contribution in [2.24, 2.45) is 0 Å². The number of aryl methyl sites for hydroxylation is 1. The molecule has 0 saturated heterocycles. The Morgan fingerprint density at radius 2 is 2.44 bits per heavy atom. The van der Waals surface area contributed by atoms with Crippen LogP contribution >= 0.6 is 11.3 Å². The van der Waals surface area contributed by atoms with Crippen molar-refractivity contribution >= 4 is 22.9 Å². The van der Waals surface area contributed by atoms with Crippen LogP contribution in [0.25, 0.3) is 0 Å². The number of thiophene rings is 1. The molecule has 4 nitrogen and oxygen atoms in total. The van der Waals surface area contributed by atoms with Gasteiger partial charge < -0.3 is 16.0 Å². The van der Waals surface area contributed by atoms with Gasteiger partial charge in [0.15, 0.2) is 0 Å². The van der Waals surface area contributed by atoms with E-state index in [0.29, 0.717) is 11.4 Å². The van der Waals surface area contributed by atoms with Crippen molar-refractivity contribution in [3.8, 4) is 0 Å². The number of rotatable bonds is 2. The monoisotopic (exact) mass is 261 g/mol. The second-order valence-electron chi connectivity index (χ2n) is 4.56. The maximum atomic E-state index is 12.1. The number of hydrogen-bond donors (Lipinski definition) is 3. The smallest absolute Gasteiger partial charge is 0.268 e. The van der Waals surface area contributed by atoms with Gasteiger partial charge in [0.1, 0.15) is 5.69 Å². The fourth-order valence-electron chi connectivity index (χ4n) is 2.41. The average molecular weight is 261 g/mol. The van der Waals surface area contributed by atoms with E-state index in [0.717, 1.165) is 19.3 Å². The second kappa shape index (κ2) is 4.49. The van der Waals surface area contributed by atoms with Crippen molar-refractivity contribution in [2.45, 2.75) is 25.3 Å². The van der Waals surface area contributed by atoms with Crippen LogP contribution < -0.4 is 11.1 Å². The largest absolute Gasteiger partial charge is 0.397 e. The maximum Gasteiger partial charge on any atom is 0.268 e. The number of H-pyrrole nitrogens is 1. The van der Waals surface area contributed by atoms with Crippen molar-refractivity contribution < 1.29 is 4.79 Å². The van der Waals surface area contributed by atoms with Gasteiger partial charge in [-0.2, -0.15) is 0 Å². The van der Waals surface area contributed by atoms with Crippen LogP contribution in [0.2, 0.25) is 0 Å². The fraction of sp³-hybridized carbons (Fsp3) is 0.308. The minimum Gasteiger partial charge on any atom is -0.397 e. The van der Waals surface area contributed by atoms with E-state index in [1.165, 1.54) is 10.4 Å². The first kappa shape index (κ1) is 11.3. The number of aromatic amines is 1.